The van der Waals surface area contributed by atoms with E-state index in [1.165, 1.54) is 6.42 Å². The third-order valence-electron chi connectivity index (χ3n) is 3.15. The number of ketones is 1. The summed E-state index contributed by atoms with van der Waals surface area (Å²) in [4.78, 5) is 11.2. The summed E-state index contributed by atoms with van der Waals surface area (Å²) in [6.07, 6.45) is 3.97. The first-order valence-electron chi connectivity index (χ1n) is 4.04. The predicted octanol–water partition coefficient (Wildman–Crippen LogP) is 0.753. The fraction of sp³-hybridized carbons (Fsp3) is 0.875. The van der Waals surface area contributed by atoms with E-state index in [0.29, 0.717) is 29.8 Å². The largest absolute Gasteiger partial charge is 0.369 e. The number of rotatable bonds is 0. The Labute approximate surface area is 59.6 Å². The lowest BCUT2D eigenvalue weighted by Gasteiger charge is -2.08. The van der Waals surface area contributed by atoms with E-state index in [1.807, 2.05) is 0 Å². The van der Waals surface area contributed by atoms with Crippen molar-refractivity contribution >= 4 is 5.78 Å². The van der Waals surface area contributed by atoms with Crippen molar-refractivity contribution in [1.29, 1.82) is 0 Å². The summed E-state index contributed by atoms with van der Waals surface area (Å²) in [5.74, 6) is 1.50. The molecule has 2 nitrogen and oxygen atoms in total. The van der Waals surface area contributed by atoms with Gasteiger partial charge >= 0.3 is 0 Å². The maximum atomic E-state index is 11.2. The van der Waals surface area contributed by atoms with Crippen LogP contribution in [0.1, 0.15) is 19.3 Å². The standard InChI is InChI=1S/C8H10O2/c9-5-2-1-4-3-6-8(10-6)7(4)5/h4,6-8H,1-3H2. The van der Waals surface area contributed by atoms with E-state index in [2.05, 4.69) is 0 Å². The van der Waals surface area contributed by atoms with Gasteiger partial charge in [-0.3, -0.25) is 4.79 Å². The van der Waals surface area contributed by atoms with Crippen LogP contribution in [0.25, 0.3) is 0 Å². The summed E-state index contributed by atoms with van der Waals surface area (Å²) >= 11 is 0. The van der Waals surface area contributed by atoms with Crippen LogP contribution < -0.4 is 0 Å². The molecule has 1 saturated heterocycles. The van der Waals surface area contributed by atoms with E-state index < -0.39 is 0 Å². The first-order chi connectivity index (χ1) is 4.86. The Morgan fingerprint density at radius 1 is 1.50 bits per heavy atom. The first kappa shape index (κ1) is 5.30. The smallest absolute Gasteiger partial charge is 0.138 e. The van der Waals surface area contributed by atoms with Crippen LogP contribution >= 0.6 is 0 Å². The molecule has 3 aliphatic rings. The molecule has 1 aliphatic heterocycles. The second-order valence-electron chi connectivity index (χ2n) is 3.67. The number of carbonyl (C=O) groups is 1. The third-order valence-corrected chi connectivity index (χ3v) is 3.15. The van der Waals surface area contributed by atoms with Gasteiger partial charge in [0.1, 0.15) is 5.78 Å². The van der Waals surface area contributed by atoms with Gasteiger partial charge in [0.05, 0.1) is 12.2 Å². The molecule has 0 radical (unpaired) electrons. The maximum Gasteiger partial charge on any atom is 0.138 e. The molecule has 4 atom stereocenters. The Morgan fingerprint density at radius 3 is 3.20 bits per heavy atom. The highest BCUT2D eigenvalue weighted by Crippen LogP contribution is 2.52. The van der Waals surface area contributed by atoms with Gasteiger partial charge in [-0.1, -0.05) is 0 Å². The SMILES string of the molecule is O=C1CCC2CC3OC3C12. The van der Waals surface area contributed by atoms with E-state index in [9.17, 15) is 4.79 Å². The zero-order chi connectivity index (χ0) is 6.72. The van der Waals surface area contributed by atoms with Crippen LogP contribution in [0.15, 0.2) is 0 Å². The van der Waals surface area contributed by atoms with Gasteiger partial charge in [0.2, 0.25) is 0 Å². The Balaban J connectivity index is 1.95. The van der Waals surface area contributed by atoms with Gasteiger partial charge in [-0.25, -0.2) is 0 Å². The van der Waals surface area contributed by atoms with Crippen LogP contribution in [0.5, 0.6) is 0 Å². The van der Waals surface area contributed by atoms with Gasteiger partial charge in [0.25, 0.3) is 0 Å². The average Bonchev–Trinajstić information content (AvgIpc) is 2.40. The Morgan fingerprint density at radius 2 is 2.40 bits per heavy atom. The first-order valence-corrected chi connectivity index (χ1v) is 4.04. The average molecular weight is 138 g/mol. The van der Waals surface area contributed by atoms with Crippen molar-refractivity contribution in [2.75, 3.05) is 0 Å². The van der Waals surface area contributed by atoms with Crippen molar-refractivity contribution in [2.45, 2.75) is 31.5 Å². The number of fused-ring (bicyclic) bond motifs is 3. The molecule has 2 aliphatic carbocycles. The zero-order valence-corrected chi connectivity index (χ0v) is 5.75. The van der Waals surface area contributed by atoms with Crippen molar-refractivity contribution < 1.29 is 9.53 Å². The van der Waals surface area contributed by atoms with Crippen LogP contribution in [0.3, 0.4) is 0 Å². The van der Waals surface area contributed by atoms with Crippen LogP contribution in [-0.4, -0.2) is 18.0 Å². The predicted molar refractivity (Wildman–Crippen MR) is 34.5 cm³/mol. The lowest BCUT2D eigenvalue weighted by molar-refractivity contribution is -0.121. The van der Waals surface area contributed by atoms with Crippen LogP contribution in [0.2, 0.25) is 0 Å². The second kappa shape index (κ2) is 1.45. The molecule has 3 rings (SSSR count). The zero-order valence-electron chi connectivity index (χ0n) is 5.75. The van der Waals surface area contributed by atoms with E-state index in [0.717, 1.165) is 12.8 Å². The number of epoxide rings is 1. The fourth-order valence-corrected chi connectivity index (χ4v) is 2.61. The number of ether oxygens (including phenoxy) is 1. The second-order valence-corrected chi connectivity index (χ2v) is 3.67. The highest BCUT2D eigenvalue weighted by atomic mass is 16.6. The quantitative estimate of drug-likeness (QED) is 0.462. The summed E-state index contributed by atoms with van der Waals surface area (Å²) in [6, 6.07) is 0. The molecule has 54 valence electrons. The summed E-state index contributed by atoms with van der Waals surface area (Å²) in [7, 11) is 0. The minimum atomic E-state index is 0.324. The van der Waals surface area contributed by atoms with E-state index in [-0.39, 0.29) is 0 Å². The Bertz CT molecular complexity index is 199. The summed E-state index contributed by atoms with van der Waals surface area (Å²) in [5.41, 5.74) is 0. The lowest BCUT2D eigenvalue weighted by atomic mass is 9.99. The van der Waals surface area contributed by atoms with Gasteiger partial charge in [0.15, 0.2) is 0 Å². The number of hydrogen-bond acceptors (Lipinski definition) is 2. The fourth-order valence-electron chi connectivity index (χ4n) is 2.61. The van der Waals surface area contributed by atoms with Gasteiger partial charge in [0, 0.05) is 12.3 Å². The normalized spacial score (nSPS) is 56.6. The molecule has 2 saturated carbocycles. The highest BCUT2D eigenvalue weighted by Gasteiger charge is 2.59. The Kier molecular flexibility index (Phi) is 0.768. The van der Waals surface area contributed by atoms with E-state index in [4.69, 9.17) is 4.74 Å². The van der Waals surface area contributed by atoms with E-state index >= 15 is 0 Å². The van der Waals surface area contributed by atoms with Gasteiger partial charge in [-0.15, -0.1) is 0 Å². The van der Waals surface area contributed by atoms with E-state index in [1.54, 1.807) is 0 Å². The molecule has 0 aromatic heterocycles. The molecule has 0 bridgehead atoms. The minimum Gasteiger partial charge on any atom is -0.369 e. The van der Waals surface area contributed by atoms with Crippen molar-refractivity contribution in [2.24, 2.45) is 11.8 Å². The molecule has 0 amide bonds. The monoisotopic (exact) mass is 138 g/mol. The molecule has 0 N–H and O–H groups in total. The number of carbonyl (C=O) groups excluding carboxylic acids is 1. The summed E-state index contributed by atoms with van der Waals surface area (Å²) < 4.78 is 5.32. The third kappa shape index (κ3) is 0.473. The summed E-state index contributed by atoms with van der Waals surface area (Å²) in [5, 5.41) is 0. The molecule has 2 heteroatoms. The molecule has 1 heterocycles. The van der Waals surface area contributed by atoms with Gasteiger partial charge < -0.3 is 4.74 Å². The summed E-state index contributed by atoms with van der Waals surface area (Å²) in [6.45, 7) is 0. The van der Waals surface area contributed by atoms with Crippen LogP contribution in [-0.2, 0) is 9.53 Å². The molecular formula is C8H10O2. The van der Waals surface area contributed by atoms with Crippen LogP contribution in [0.4, 0.5) is 0 Å². The molecular weight excluding hydrogens is 128 g/mol. The molecule has 0 aromatic rings. The van der Waals surface area contributed by atoms with Crippen molar-refractivity contribution in [3.63, 3.8) is 0 Å². The number of hydrogen-bond donors (Lipinski definition) is 0. The van der Waals surface area contributed by atoms with Crippen molar-refractivity contribution in [3.05, 3.63) is 0 Å². The molecule has 4 unspecified atom stereocenters. The maximum absolute atomic E-state index is 11.2. The van der Waals surface area contributed by atoms with Crippen LogP contribution in [0, 0.1) is 11.8 Å². The van der Waals surface area contributed by atoms with Gasteiger partial charge in [-0.05, 0) is 18.8 Å². The molecule has 3 fully saturated rings. The molecule has 10 heavy (non-hydrogen) atoms. The molecule has 0 spiro atoms. The highest BCUT2D eigenvalue weighted by molar-refractivity contribution is 5.85. The van der Waals surface area contributed by atoms with Crippen molar-refractivity contribution in [3.8, 4) is 0 Å². The topological polar surface area (TPSA) is 29.6 Å². The lowest BCUT2D eigenvalue weighted by Crippen LogP contribution is -2.15. The minimum absolute atomic E-state index is 0.324. The van der Waals surface area contributed by atoms with Crippen molar-refractivity contribution in [1.82, 2.24) is 0 Å². The van der Waals surface area contributed by atoms with Gasteiger partial charge in [-0.2, -0.15) is 0 Å². The Hall–Kier alpha value is -0.370. The molecule has 0 aromatic carbocycles. The number of Topliss-reactive ketones (excluding diaryl/α,β-unsaturated/α-hetero) is 1.